The first-order chi connectivity index (χ1) is 18.7. The van der Waals surface area contributed by atoms with Gasteiger partial charge >= 0.3 is 5.69 Å². The second kappa shape index (κ2) is 10.2. The number of ether oxygens (including phenoxy) is 1. The van der Waals surface area contributed by atoms with E-state index < -0.39 is 28.8 Å². The van der Waals surface area contributed by atoms with Crippen LogP contribution < -0.4 is 21.3 Å². The fourth-order valence-electron chi connectivity index (χ4n) is 3.82. The molecule has 196 valence electrons. The van der Waals surface area contributed by atoms with Gasteiger partial charge in [-0.05, 0) is 42.5 Å². The molecule has 5 rings (SSSR count). The number of amides is 1. The lowest BCUT2D eigenvalue weighted by atomic mass is 10.2. The average molecular weight is 530 g/mol. The van der Waals surface area contributed by atoms with E-state index in [0.29, 0.717) is 11.4 Å². The van der Waals surface area contributed by atoms with Crippen LogP contribution in [-0.4, -0.2) is 29.8 Å². The zero-order chi connectivity index (χ0) is 27.7. The number of carbonyl (C=O) groups excluding carboxylic acids is 1. The van der Waals surface area contributed by atoms with E-state index in [1.165, 1.54) is 37.5 Å². The molecule has 0 unspecified atom stereocenters. The van der Waals surface area contributed by atoms with Crippen molar-refractivity contribution in [3.05, 3.63) is 117 Å². The summed E-state index contributed by atoms with van der Waals surface area (Å²) in [4.78, 5) is 42.8. The highest BCUT2D eigenvalue weighted by atomic mass is 19.1. The quantitative estimate of drug-likeness (QED) is 0.359. The Morgan fingerprint density at radius 2 is 1.74 bits per heavy atom. The van der Waals surface area contributed by atoms with Gasteiger partial charge in [0.25, 0.3) is 11.5 Å². The van der Waals surface area contributed by atoms with Gasteiger partial charge in [0, 0.05) is 56.1 Å². The molecule has 2 aromatic carbocycles. The van der Waals surface area contributed by atoms with Gasteiger partial charge in [-0.15, -0.1) is 0 Å². The smallest absolute Gasteiger partial charge is 0.335 e. The van der Waals surface area contributed by atoms with Gasteiger partial charge in [0.1, 0.15) is 17.1 Å². The minimum Gasteiger partial charge on any atom is -0.454 e. The Morgan fingerprint density at radius 1 is 0.974 bits per heavy atom. The molecule has 10 nitrogen and oxygen atoms in total. The van der Waals surface area contributed by atoms with Gasteiger partial charge in [0.05, 0.1) is 17.6 Å². The fraction of sp³-hybridized carbons (Fsp3) is 0.0741. The molecule has 0 saturated heterocycles. The maximum atomic E-state index is 14.9. The van der Waals surface area contributed by atoms with Crippen LogP contribution in [0.3, 0.4) is 0 Å². The van der Waals surface area contributed by atoms with Crippen molar-refractivity contribution in [2.75, 3.05) is 5.32 Å². The second-order valence-corrected chi connectivity index (χ2v) is 8.53. The molecular weight excluding hydrogens is 510 g/mol. The largest absolute Gasteiger partial charge is 0.454 e. The van der Waals surface area contributed by atoms with Crippen LogP contribution in [0.4, 0.5) is 14.5 Å². The van der Waals surface area contributed by atoms with E-state index in [4.69, 9.17) is 4.74 Å². The number of carbonyl (C=O) groups is 1. The Morgan fingerprint density at radius 3 is 2.44 bits per heavy atom. The van der Waals surface area contributed by atoms with Gasteiger partial charge in [0.15, 0.2) is 11.6 Å². The van der Waals surface area contributed by atoms with E-state index in [-0.39, 0.29) is 22.7 Å². The molecule has 0 aliphatic carbocycles. The number of nitrogens with one attached hydrogen (secondary N) is 1. The first-order valence-corrected chi connectivity index (χ1v) is 11.5. The van der Waals surface area contributed by atoms with Crippen LogP contribution in [0, 0.1) is 11.6 Å². The van der Waals surface area contributed by atoms with Gasteiger partial charge in [-0.25, -0.2) is 18.1 Å². The minimum absolute atomic E-state index is 0.0530. The molecular formula is C27H20F2N6O4. The standard InChI is InChI=1S/C27H20F2N6O4/c1-33-15-21(26(37)35(27(33)38)19-6-3-17(28)4-7-19)25(36)32-18-5-8-24(22(29)11-18)39-20-9-10-30-23(12-20)16-13-31-34(2)14-16/h3-15H,1-2H3,(H,32,36). The number of aromatic nitrogens is 5. The number of rotatable bonds is 6. The van der Waals surface area contributed by atoms with Crippen LogP contribution in [0.5, 0.6) is 11.5 Å². The zero-order valence-electron chi connectivity index (χ0n) is 20.6. The van der Waals surface area contributed by atoms with Gasteiger partial charge in [-0.1, -0.05) is 0 Å². The van der Waals surface area contributed by atoms with Crippen molar-refractivity contribution in [1.82, 2.24) is 23.9 Å². The fourth-order valence-corrected chi connectivity index (χ4v) is 3.82. The number of benzene rings is 2. The predicted octanol–water partition coefficient (Wildman–Crippen LogP) is 3.65. The average Bonchev–Trinajstić information content (AvgIpc) is 3.35. The first-order valence-electron chi connectivity index (χ1n) is 11.5. The lowest BCUT2D eigenvalue weighted by molar-refractivity contribution is 0.102. The van der Waals surface area contributed by atoms with E-state index in [1.54, 1.807) is 36.3 Å². The maximum absolute atomic E-state index is 14.9. The van der Waals surface area contributed by atoms with Crippen LogP contribution in [-0.2, 0) is 14.1 Å². The lowest BCUT2D eigenvalue weighted by Crippen LogP contribution is -2.41. The SMILES string of the molecule is Cn1cc(-c2cc(Oc3ccc(NC(=O)c4cn(C)c(=O)n(-c5ccc(F)cc5)c4=O)cc3F)ccn2)cn1. The van der Waals surface area contributed by atoms with Crippen molar-refractivity contribution in [2.24, 2.45) is 14.1 Å². The molecule has 3 heterocycles. The first kappa shape index (κ1) is 25.3. The molecule has 1 N–H and O–H groups in total. The lowest BCUT2D eigenvalue weighted by Gasteiger charge is -2.12. The van der Waals surface area contributed by atoms with Crippen molar-refractivity contribution in [3.8, 4) is 28.4 Å². The molecule has 1 amide bonds. The van der Waals surface area contributed by atoms with Gasteiger partial charge in [-0.3, -0.25) is 19.3 Å². The number of halogens is 2. The van der Waals surface area contributed by atoms with E-state index in [2.05, 4.69) is 15.4 Å². The van der Waals surface area contributed by atoms with Gasteiger partial charge in [0.2, 0.25) is 0 Å². The zero-order valence-corrected chi connectivity index (χ0v) is 20.6. The Balaban J connectivity index is 1.37. The molecule has 0 fully saturated rings. The molecule has 0 atom stereocenters. The summed E-state index contributed by atoms with van der Waals surface area (Å²) >= 11 is 0. The highest BCUT2D eigenvalue weighted by molar-refractivity contribution is 6.03. The topological polar surface area (TPSA) is 113 Å². The molecule has 0 aliphatic heterocycles. The normalized spacial score (nSPS) is 10.9. The summed E-state index contributed by atoms with van der Waals surface area (Å²) in [6.45, 7) is 0. The van der Waals surface area contributed by atoms with E-state index >= 15 is 0 Å². The van der Waals surface area contributed by atoms with Crippen molar-refractivity contribution in [3.63, 3.8) is 0 Å². The third kappa shape index (κ3) is 5.21. The highest BCUT2D eigenvalue weighted by Crippen LogP contribution is 2.29. The Hall–Kier alpha value is -5.39. The molecule has 5 aromatic rings. The molecule has 0 spiro atoms. The van der Waals surface area contributed by atoms with E-state index in [9.17, 15) is 23.2 Å². The van der Waals surface area contributed by atoms with Crippen LogP contribution in [0.25, 0.3) is 16.9 Å². The van der Waals surface area contributed by atoms with Gasteiger partial charge < -0.3 is 14.6 Å². The molecule has 0 saturated carbocycles. The summed E-state index contributed by atoms with van der Waals surface area (Å²) in [5, 5.41) is 6.56. The second-order valence-electron chi connectivity index (χ2n) is 8.53. The van der Waals surface area contributed by atoms with E-state index in [1.807, 2.05) is 0 Å². The summed E-state index contributed by atoms with van der Waals surface area (Å²) in [7, 11) is 3.14. The summed E-state index contributed by atoms with van der Waals surface area (Å²) < 4.78 is 37.3. The molecule has 3 aromatic heterocycles. The van der Waals surface area contributed by atoms with Crippen LogP contribution in [0.1, 0.15) is 10.4 Å². The minimum atomic E-state index is -0.912. The molecule has 0 aliphatic rings. The van der Waals surface area contributed by atoms with Crippen LogP contribution in [0.15, 0.2) is 89.0 Å². The summed E-state index contributed by atoms with van der Waals surface area (Å²) in [6.07, 6.45) is 6.03. The monoisotopic (exact) mass is 530 g/mol. The van der Waals surface area contributed by atoms with Crippen molar-refractivity contribution < 1.29 is 18.3 Å². The molecule has 0 bridgehead atoms. The summed E-state index contributed by atoms with van der Waals surface area (Å²) in [6, 6.07) is 11.6. The predicted molar refractivity (Wildman–Crippen MR) is 138 cm³/mol. The Bertz CT molecular complexity index is 1830. The molecule has 12 heteroatoms. The number of nitrogens with zero attached hydrogens (tertiary/aromatic N) is 5. The Labute approximate surface area is 219 Å². The molecule has 39 heavy (non-hydrogen) atoms. The van der Waals surface area contributed by atoms with Crippen molar-refractivity contribution in [2.45, 2.75) is 0 Å². The van der Waals surface area contributed by atoms with Crippen LogP contribution in [0.2, 0.25) is 0 Å². The highest BCUT2D eigenvalue weighted by Gasteiger charge is 2.19. The third-order valence-electron chi connectivity index (χ3n) is 5.73. The number of aryl methyl sites for hydroxylation is 2. The number of hydrogen-bond acceptors (Lipinski definition) is 6. The number of hydrogen-bond donors (Lipinski definition) is 1. The van der Waals surface area contributed by atoms with E-state index in [0.717, 1.165) is 39.1 Å². The number of pyridine rings is 1. The van der Waals surface area contributed by atoms with Crippen LogP contribution >= 0.6 is 0 Å². The summed E-state index contributed by atoms with van der Waals surface area (Å²) in [5.74, 6) is -1.94. The third-order valence-corrected chi connectivity index (χ3v) is 5.73. The molecule has 0 radical (unpaired) electrons. The van der Waals surface area contributed by atoms with Crippen molar-refractivity contribution in [1.29, 1.82) is 0 Å². The Kier molecular flexibility index (Phi) is 6.59. The van der Waals surface area contributed by atoms with Gasteiger partial charge in [-0.2, -0.15) is 5.10 Å². The maximum Gasteiger partial charge on any atom is 0.335 e. The van der Waals surface area contributed by atoms with Crippen molar-refractivity contribution >= 4 is 11.6 Å². The number of anilines is 1. The summed E-state index contributed by atoms with van der Waals surface area (Å²) in [5.41, 5.74) is -0.513.